The zero-order valence-electron chi connectivity index (χ0n) is 35.5. The first kappa shape index (κ1) is 58.8. The Hall–Kier alpha value is -4.51. The SMILES string of the molecule is C.FC(F)(F)Oc1cc(N2CCCC2)ccc1CN1CCNCC1.O=C(OC(C(F)(F)F)C(F)(F)F)N1CCN(Cc2ccc(N3CCCC3)cc2OC(F)(F)F)CC1.OC(C(F)(F)F)C(F)(F)F. The Morgan fingerprint density at radius 3 is 1.22 bits per heavy atom. The number of anilines is 2. The smallest absolute Gasteiger partial charge is 0.426 e. The highest BCUT2D eigenvalue weighted by molar-refractivity contribution is 5.68. The minimum atomic E-state index is -5.83. The molecule has 396 valence electrons. The van der Waals surface area contributed by atoms with Gasteiger partial charge < -0.3 is 39.3 Å². The van der Waals surface area contributed by atoms with Gasteiger partial charge in [0.05, 0.1) is 0 Å². The molecule has 4 aliphatic heterocycles. The van der Waals surface area contributed by atoms with Crippen molar-refractivity contribution in [2.45, 2.75) is 95.8 Å². The van der Waals surface area contributed by atoms with Crippen LogP contribution in [0, 0.1) is 0 Å². The molecule has 69 heavy (non-hydrogen) atoms. The van der Waals surface area contributed by atoms with Gasteiger partial charge >= 0.3 is 43.5 Å². The molecule has 0 bridgehead atoms. The number of aliphatic hydroxyl groups is 1. The van der Waals surface area contributed by atoms with E-state index in [0.29, 0.717) is 35.8 Å². The van der Waals surface area contributed by atoms with Crippen molar-refractivity contribution in [1.82, 2.24) is 20.0 Å². The van der Waals surface area contributed by atoms with Gasteiger partial charge in [0, 0.05) is 126 Å². The highest BCUT2D eigenvalue weighted by atomic mass is 19.4. The highest BCUT2D eigenvalue weighted by Crippen LogP contribution is 2.38. The Balaban J connectivity index is 0.000000317. The summed E-state index contributed by atoms with van der Waals surface area (Å²) < 4.78 is 231. The molecular formula is C40H50F18N6O5. The Kier molecular flexibility index (Phi) is 20.5. The Bertz CT molecular complexity index is 1860. The van der Waals surface area contributed by atoms with Crippen LogP contribution in [0.5, 0.6) is 11.5 Å². The van der Waals surface area contributed by atoms with Gasteiger partial charge in [-0.1, -0.05) is 19.6 Å². The predicted molar refractivity (Wildman–Crippen MR) is 211 cm³/mol. The summed E-state index contributed by atoms with van der Waals surface area (Å²) in [6.07, 6.45) is -38.8. The first-order chi connectivity index (χ1) is 31.3. The van der Waals surface area contributed by atoms with E-state index in [2.05, 4.69) is 29.3 Å². The van der Waals surface area contributed by atoms with Crippen LogP contribution >= 0.6 is 0 Å². The number of carbonyl (C=O) groups is 1. The van der Waals surface area contributed by atoms with E-state index in [9.17, 15) is 83.8 Å². The van der Waals surface area contributed by atoms with E-state index >= 15 is 0 Å². The van der Waals surface area contributed by atoms with Crippen LogP contribution < -0.4 is 24.6 Å². The molecule has 0 aromatic heterocycles. The van der Waals surface area contributed by atoms with Gasteiger partial charge in [0.15, 0.2) is 0 Å². The molecule has 4 fully saturated rings. The van der Waals surface area contributed by atoms with Gasteiger partial charge in [-0.25, -0.2) is 4.79 Å². The van der Waals surface area contributed by atoms with Crippen molar-refractivity contribution in [3.8, 4) is 11.5 Å². The summed E-state index contributed by atoms with van der Waals surface area (Å²) in [6.45, 7) is 6.43. The monoisotopic (exact) mass is 1040 g/mol. The number of hydrogen-bond acceptors (Lipinski definition) is 10. The number of piperazine rings is 2. The first-order valence-electron chi connectivity index (χ1n) is 20.6. The number of rotatable bonds is 9. The molecule has 1 amide bonds. The molecule has 0 radical (unpaired) electrons. The number of hydrogen-bond donors (Lipinski definition) is 2. The Morgan fingerprint density at radius 1 is 0.536 bits per heavy atom. The van der Waals surface area contributed by atoms with E-state index in [1.165, 1.54) is 18.2 Å². The van der Waals surface area contributed by atoms with E-state index in [1.54, 1.807) is 17.0 Å². The number of nitrogens with zero attached hydrogens (tertiary/aromatic N) is 5. The molecule has 0 spiro atoms. The van der Waals surface area contributed by atoms with Crippen molar-refractivity contribution < 1.29 is 103 Å². The molecule has 0 atom stereocenters. The molecule has 4 saturated heterocycles. The molecular weight excluding hydrogens is 986 g/mol. The number of aliphatic hydroxyl groups excluding tert-OH is 1. The fourth-order valence-corrected chi connectivity index (χ4v) is 7.25. The third-order valence-electron chi connectivity index (χ3n) is 10.6. The number of amides is 1. The second kappa shape index (κ2) is 24.1. The van der Waals surface area contributed by atoms with Crippen LogP contribution in [0.4, 0.5) is 95.2 Å². The van der Waals surface area contributed by atoms with Gasteiger partial charge in [-0.2, -0.15) is 52.7 Å². The molecule has 29 heteroatoms. The van der Waals surface area contributed by atoms with Crippen molar-refractivity contribution in [3.05, 3.63) is 47.5 Å². The average Bonchev–Trinajstić information content (AvgIpc) is 3.96. The molecule has 0 unspecified atom stereocenters. The largest absolute Gasteiger partial charge is 0.573 e. The van der Waals surface area contributed by atoms with Gasteiger partial charge in [-0.15, -0.1) is 26.3 Å². The van der Waals surface area contributed by atoms with Gasteiger partial charge in [0.25, 0.3) is 6.10 Å². The van der Waals surface area contributed by atoms with E-state index in [1.807, 2.05) is 11.0 Å². The van der Waals surface area contributed by atoms with Crippen molar-refractivity contribution in [2.24, 2.45) is 0 Å². The van der Waals surface area contributed by atoms with E-state index in [0.717, 1.165) is 70.6 Å². The molecule has 2 aromatic rings. The van der Waals surface area contributed by atoms with Crippen molar-refractivity contribution in [1.29, 1.82) is 0 Å². The van der Waals surface area contributed by atoms with Gasteiger partial charge in [0.1, 0.15) is 11.5 Å². The van der Waals surface area contributed by atoms with Crippen LogP contribution in [0.15, 0.2) is 36.4 Å². The second-order valence-corrected chi connectivity index (χ2v) is 15.7. The molecule has 2 N–H and O–H groups in total. The third-order valence-corrected chi connectivity index (χ3v) is 10.6. The third kappa shape index (κ3) is 19.3. The number of benzene rings is 2. The zero-order chi connectivity index (χ0) is 50.9. The van der Waals surface area contributed by atoms with Crippen LogP contribution in [0.1, 0.15) is 44.2 Å². The average molecular weight is 1040 g/mol. The number of carbonyl (C=O) groups excluding carboxylic acids is 1. The van der Waals surface area contributed by atoms with Crippen molar-refractivity contribution >= 4 is 17.5 Å². The number of nitrogens with one attached hydrogen (secondary N) is 1. The predicted octanol–water partition coefficient (Wildman–Crippen LogP) is 9.63. The lowest BCUT2D eigenvalue weighted by atomic mass is 10.1. The molecule has 4 aliphatic rings. The molecule has 2 aromatic carbocycles. The summed E-state index contributed by atoms with van der Waals surface area (Å²) in [4.78, 5) is 20.3. The molecule has 0 saturated carbocycles. The van der Waals surface area contributed by atoms with E-state index in [4.69, 9.17) is 5.11 Å². The van der Waals surface area contributed by atoms with Crippen LogP contribution in [0.3, 0.4) is 0 Å². The summed E-state index contributed by atoms with van der Waals surface area (Å²) >= 11 is 0. The quantitative estimate of drug-likeness (QED) is 0.237. The Labute approximate surface area is 383 Å². The van der Waals surface area contributed by atoms with Crippen LogP contribution in [0.25, 0.3) is 0 Å². The summed E-state index contributed by atoms with van der Waals surface area (Å²) in [5.41, 5.74) is 2.16. The molecule has 11 nitrogen and oxygen atoms in total. The maximum Gasteiger partial charge on any atom is 0.573 e. The number of alkyl halides is 18. The van der Waals surface area contributed by atoms with Gasteiger partial charge in [-0.05, 0) is 37.8 Å². The van der Waals surface area contributed by atoms with Gasteiger partial charge in [0.2, 0.25) is 6.10 Å². The summed E-state index contributed by atoms with van der Waals surface area (Å²) in [5.74, 6) is -0.470. The topological polar surface area (TPSA) is 93.2 Å². The molecule has 0 aliphatic carbocycles. The van der Waals surface area contributed by atoms with Crippen LogP contribution in [-0.4, -0.2) is 154 Å². The first-order valence-corrected chi connectivity index (χ1v) is 20.6. The fourth-order valence-electron chi connectivity index (χ4n) is 7.25. The maximum atomic E-state index is 13.0. The summed E-state index contributed by atoms with van der Waals surface area (Å²) in [5, 5.41) is 10.7. The van der Waals surface area contributed by atoms with E-state index < -0.39 is 61.5 Å². The standard InChI is InChI=1S/C20H22F9N3O3.C16H22F3N3O.C3H2F6O.CH4/c21-18(22,23)16(19(24,25)26)34-17(33)32-9-7-30(8-10-32)12-13-3-4-14(31-5-1-2-6-31)11-15(13)35-20(27,28)29;17-16(18,19)23-15-11-14(22-7-1-2-8-22)4-3-13(15)12-21-9-5-20-6-10-21;4-2(5,6)1(10)3(7,8)9;/h3-4,11,16H,1-2,5-10,12H2;3-4,11,20H,1-2,5-10,12H2;1,10H;1H4. The Morgan fingerprint density at radius 2 is 0.899 bits per heavy atom. The van der Waals surface area contributed by atoms with Crippen molar-refractivity contribution in [3.63, 3.8) is 0 Å². The minimum absolute atomic E-state index is 0. The van der Waals surface area contributed by atoms with Gasteiger partial charge in [-0.3, -0.25) is 9.80 Å². The lowest BCUT2D eigenvalue weighted by Crippen LogP contribution is -2.52. The molecule has 6 rings (SSSR count). The molecule has 4 heterocycles. The van der Waals surface area contributed by atoms with Crippen molar-refractivity contribution in [2.75, 3.05) is 88.3 Å². The lowest BCUT2D eigenvalue weighted by molar-refractivity contribution is -0.309. The maximum absolute atomic E-state index is 13.0. The van der Waals surface area contributed by atoms with Crippen LogP contribution in [0.2, 0.25) is 0 Å². The number of ether oxygens (including phenoxy) is 3. The highest BCUT2D eigenvalue weighted by Gasteiger charge is 2.60. The number of halogens is 18. The van der Waals surface area contributed by atoms with Crippen LogP contribution in [-0.2, 0) is 17.8 Å². The van der Waals surface area contributed by atoms with E-state index in [-0.39, 0.29) is 51.5 Å². The second-order valence-electron chi connectivity index (χ2n) is 15.7. The zero-order valence-corrected chi connectivity index (χ0v) is 35.5. The lowest BCUT2D eigenvalue weighted by Gasteiger charge is -2.35. The normalized spacial score (nSPS) is 18.1. The summed E-state index contributed by atoms with van der Waals surface area (Å²) in [7, 11) is 0. The minimum Gasteiger partial charge on any atom is -0.426 e. The fraction of sp³-hybridized carbons (Fsp3) is 0.675. The summed E-state index contributed by atoms with van der Waals surface area (Å²) in [6, 6.07) is 9.65.